The van der Waals surface area contributed by atoms with Crippen LogP contribution in [0, 0.1) is 0 Å². The molecular weight excluding hydrogens is 322 g/mol. The molecule has 1 N–H and O–H groups in total. The zero-order valence-electron chi connectivity index (χ0n) is 14.8. The standard InChI is InChI=1S/C22H23N3O/c1-2-16-25-21(19-13-7-4-8-14-19)24-17-20(22(25)26)23-15-9-12-18-10-5-3-6-11-18/h2-8,10-11,13-14,17,23H,1,9,12,15-16H2. The van der Waals surface area contributed by atoms with Crippen molar-refractivity contribution in [3.8, 4) is 11.4 Å². The third-order valence-electron chi connectivity index (χ3n) is 4.19. The fourth-order valence-corrected chi connectivity index (χ4v) is 2.89. The molecule has 132 valence electrons. The Hall–Kier alpha value is -3.14. The van der Waals surface area contributed by atoms with E-state index in [-0.39, 0.29) is 5.56 Å². The fourth-order valence-electron chi connectivity index (χ4n) is 2.89. The third-order valence-corrected chi connectivity index (χ3v) is 4.19. The van der Waals surface area contributed by atoms with Crippen LogP contribution in [0.25, 0.3) is 11.4 Å². The molecule has 0 radical (unpaired) electrons. The van der Waals surface area contributed by atoms with E-state index in [1.165, 1.54) is 5.56 Å². The Kier molecular flexibility index (Phi) is 5.99. The van der Waals surface area contributed by atoms with Gasteiger partial charge in [0.25, 0.3) is 5.56 Å². The van der Waals surface area contributed by atoms with Gasteiger partial charge in [-0.2, -0.15) is 0 Å². The highest BCUT2D eigenvalue weighted by molar-refractivity contribution is 5.57. The number of rotatable bonds is 8. The number of benzene rings is 2. The van der Waals surface area contributed by atoms with E-state index in [0.29, 0.717) is 18.1 Å². The van der Waals surface area contributed by atoms with Crippen molar-refractivity contribution in [3.63, 3.8) is 0 Å². The number of hydrogen-bond donors (Lipinski definition) is 1. The molecule has 4 heteroatoms. The average Bonchev–Trinajstić information content (AvgIpc) is 2.69. The van der Waals surface area contributed by atoms with Gasteiger partial charge in [0, 0.05) is 18.7 Å². The van der Waals surface area contributed by atoms with Crippen molar-refractivity contribution in [1.82, 2.24) is 9.55 Å². The summed E-state index contributed by atoms with van der Waals surface area (Å²) < 4.78 is 1.65. The van der Waals surface area contributed by atoms with Crippen LogP contribution >= 0.6 is 0 Å². The van der Waals surface area contributed by atoms with Gasteiger partial charge >= 0.3 is 0 Å². The summed E-state index contributed by atoms with van der Waals surface area (Å²) in [5.41, 5.74) is 2.68. The second-order valence-corrected chi connectivity index (χ2v) is 6.08. The highest BCUT2D eigenvalue weighted by atomic mass is 16.1. The Morgan fingerprint density at radius 1 is 1.04 bits per heavy atom. The van der Waals surface area contributed by atoms with Crippen molar-refractivity contribution < 1.29 is 0 Å². The summed E-state index contributed by atoms with van der Waals surface area (Å²) in [6.07, 6.45) is 5.27. The maximum atomic E-state index is 12.8. The smallest absolute Gasteiger partial charge is 0.277 e. The van der Waals surface area contributed by atoms with E-state index in [9.17, 15) is 4.79 Å². The highest BCUT2D eigenvalue weighted by Crippen LogP contribution is 2.16. The molecule has 0 aliphatic heterocycles. The van der Waals surface area contributed by atoms with Gasteiger partial charge in [-0.1, -0.05) is 66.7 Å². The van der Waals surface area contributed by atoms with Crippen molar-refractivity contribution in [3.05, 3.63) is 95.4 Å². The first-order chi connectivity index (χ1) is 12.8. The van der Waals surface area contributed by atoms with E-state index in [0.717, 1.165) is 24.9 Å². The Bertz CT molecular complexity index is 902. The summed E-state index contributed by atoms with van der Waals surface area (Å²) in [4.78, 5) is 17.3. The van der Waals surface area contributed by atoms with Crippen LogP contribution in [0.4, 0.5) is 5.69 Å². The first kappa shape index (κ1) is 17.7. The molecule has 0 fully saturated rings. The number of nitrogens with one attached hydrogen (secondary N) is 1. The summed E-state index contributed by atoms with van der Waals surface area (Å²) >= 11 is 0. The molecule has 0 unspecified atom stereocenters. The Labute approximate surface area is 153 Å². The van der Waals surface area contributed by atoms with E-state index in [2.05, 4.69) is 29.0 Å². The summed E-state index contributed by atoms with van der Waals surface area (Å²) in [5.74, 6) is 0.658. The van der Waals surface area contributed by atoms with Crippen LogP contribution in [0.5, 0.6) is 0 Å². The minimum Gasteiger partial charge on any atom is -0.379 e. The number of hydrogen-bond acceptors (Lipinski definition) is 3. The average molecular weight is 345 g/mol. The van der Waals surface area contributed by atoms with Crippen LogP contribution < -0.4 is 10.9 Å². The van der Waals surface area contributed by atoms with Gasteiger partial charge in [-0.15, -0.1) is 6.58 Å². The van der Waals surface area contributed by atoms with Crippen LogP contribution in [-0.4, -0.2) is 16.1 Å². The van der Waals surface area contributed by atoms with Gasteiger partial charge in [-0.25, -0.2) is 4.98 Å². The Morgan fingerprint density at radius 2 is 1.73 bits per heavy atom. The molecule has 0 aliphatic rings. The molecule has 0 atom stereocenters. The van der Waals surface area contributed by atoms with Crippen LogP contribution in [0.3, 0.4) is 0 Å². The van der Waals surface area contributed by atoms with Gasteiger partial charge in [0.2, 0.25) is 0 Å². The summed E-state index contributed by atoms with van der Waals surface area (Å²) in [7, 11) is 0. The third kappa shape index (κ3) is 4.28. The lowest BCUT2D eigenvalue weighted by Gasteiger charge is -2.13. The van der Waals surface area contributed by atoms with Crippen molar-refractivity contribution in [2.75, 3.05) is 11.9 Å². The maximum Gasteiger partial charge on any atom is 0.277 e. The first-order valence-corrected chi connectivity index (χ1v) is 8.83. The van der Waals surface area contributed by atoms with E-state index in [1.54, 1.807) is 16.8 Å². The molecule has 1 aromatic heterocycles. The normalized spacial score (nSPS) is 10.5. The molecule has 0 aliphatic carbocycles. The number of anilines is 1. The Balaban J connectivity index is 1.73. The van der Waals surface area contributed by atoms with Crippen molar-refractivity contribution in [2.45, 2.75) is 19.4 Å². The van der Waals surface area contributed by atoms with E-state index in [4.69, 9.17) is 0 Å². The predicted molar refractivity (Wildman–Crippen MR) is 107 cm³/mol. The lowest BCUT2D eigenvalue weighted by atomic mass is 10.1. The van der Waals surface area contributed by atoms with Crippen molar-refractivity contribution in [2.24, 2.45) is 0 Å². The van der Waals surface area contributed by atoms with Crippen LogP contribution in [0.2, 0.25) is 0 Å². The lowest BCUT2D eigenvalue weighted by Crippen LogP contribution is -2.26. The van der Waals surface area contributed by atoms with Crippen molar-refractivity contribution in [1.29, 1.82) is 0 Å². The highest BCUT2D eigenvalue weighted by Gasteiger charge is 2.10. The molecule has 3 rings (SSSR count). The molecule has 26 heavy (non-hydrogen) atoms. The van der Waals surface area contributed by atoms with Crippen LogP contribution in [-0.2, 0) is 13.0 Å². The van der Waals surface area contributed by atoms with E-state index in [1.807, 2.05) is 48.5 Å². The molecule has 3 aromatic rings. The Morgan fingerprint density at radius 3 is 2.42 bits per heavy atom. The maximum absolute atomic E-state index is 12.8. The predicted octanol–water partition coefficient (Wildman–Crippen LogP) is 4.14. The number of nitrogens with zero attached hydrogens (tertiary/aromatic N) is 2. The summed E-state index contributed by atoms with van der Waals surface area (Å²) in [6, 6.07) is 20.1. The molecule has 0 amide bonds. The number of aryl methyl sites for hydroxylation is 1. The van der Waals surface area contributed by atoms with Crippen LogP contribution in [0.15, 0.2) is 84.3 Å². The zero-order valence-corrected chi connectivity index (χ0v) is 14.8. The summed E-state index contributed by atoms with van der Waals surface area (Å²) in [6.45, 7) is 4.92. The van der Waals surface area contributed by atoms with Crippen LogP contribution in [0.1, 0.15) is 12.0 Å². The monoisotopic (exact) mass is 345 g/mol. The largest absolute Gasteiger partial charge is 0.379 e. The lowest BCUT2D eigenvalue weighted by molar-refractivity contribution is 0.764. The minimum absolute atomic E-state index is 0.0709. The molecule has 0 saturated carbocycles. The number of allylic oxidation sites excluding steroid dienone is 1. The first-order valence-electron chi connectivity index (χ1n) is 8.83. The van der Waals surface area contributed by atoms with Gasteiger partial charge in [-0.05, 0) is 18.4 Å². The zero-order chi connectivity index (χ0) is 18.2. The van der Waals surface area contributed by atoms with Gasteiger partial charge in [0.1, 0.15) is 11.5 Å². The number of aromatic nitrogens is 2. The molecule has 2 aromatic carbocycles. The van der Waals surface area contributed by atoms with Crippen molar-refractivity contribution >= 4 is 5.69 Å². The SMILES string of the molecule is C=CCn1c(-c2ccccc2)ncc(NCCCc2ccccc2)c1=O. The molecule has 0 spiro atoms. The van der Waals surface area contributed by atoms with Gasteiger partial charge in [0.15, 0.2) is 0 Å². The summed E-state index contributed by atoms with van der Waals surface area (Å²) in [5, 5.41) is 3.23. The van der Waals surface area contributed by atoms with Gasteiger partial charge in [-0.3, -0.25) is 9.36 Å². The molecular formula is C22H23N3O. The van der Waals surface area contributed by atoms with E-state index < -0.39 is 0 Å². The second kappa shape index (κ2) is 8.81. The quantitative estimate of drug-likeness (QED) is 0.493. The molecule has 0 saturated heterocycles. The molecule has 0 bridgehead atoms. The molecule has 4 nitrogen and oxygen atoms in total. The second-order valence-electron chi connectivity index (χ2n) is 6.08. The topological polar surface area (TPSA) is 46.9 Å². The molecule has 1 heterocycles. The minimum atomic E-state index is -0.0709. The van der Waals surface area contributed by atoms with Gasteiger partial charge < -0.3 is 5.32 Å². The van der Waals surface area contributed by atoms with Gasteiger partial charge in [0.05, 0.1) is 6.20 Å². The van der Waals surface area contributed by atoms with E-state index >= 15 is 0 Å². The fraction of sp³-hybridized carbons (Fsp3) is 0.182.